The average molecular weight is 258 g/mol. The number of alkyl halides is 1. The molecule has 0 fully saturated rings. The van der Waals surface area contributed by atoms with Gasteiger partial charge in [0.15, 0.2) is 0 Å². The molecule has 0 radical (unpaired) electrons. The molecule has 1 N–H and O–H groups in total. The molecule has 0 aromatic rings. The third-order valence-corrected chi connectivity index (χ3v) is 3.16. The van der Waals surface area contributed by atoms with Crippen LogP contribution in [0.4, 0.5) is 4.39 Å². The van der Waals surface area contributed by atoms with Crippen molar-refractivity contribution in [3.63, 3.8) is 0 Å². The standard InChI is InChI=1S/C15H27FO2/c1-14(15(17)18)12-10-8-6-4-2-3-5-7-9-11-13-16/h1-13H2,(H,17,18). The van der Waals surface area contributed by atoms with Gasteiger partial charge in [0.25, 0.3) is 0 Å². The van der Waals surface area contributed by atoms with Crippen LogP contribution in [0.15, 0.2) is 12.2 Å². The summed E-state index contributed by atoms with van der Waals surface area (Å²) in [5.74, 6) is -0.872. The highest BCUT2D eigenvalue weighted by molar-refractivity contribution is 5.85. The van der Waals surface area contributed by atoms with Crippen LogP contribution < -0.4 is 0 Å². The Bertz CT molecular complexity index is 227. The number of aliphatic carboxylic acids is 1. The van der Waals surface area contributed by atoms with Crippen molar-refractivity contribution in [2.24, 2.45) is 0 Å². The molecule has 0 bridgehead atoms. The summed E-state index contributed by atoms with van der Waals surface area (Å²) < 4.78 is 11.8. The highest BCUT2D eigenvalue weighted by atomic mass is 19.1. The number of carboxylic acids is 1. The fourth-order valence-corrected chi connectivity index (χ4v) is 1.95. The van der Waals surface area contributed by atoms with Gasteiger partial charge in [0, 0.05) is 5.57 Å². The van der Waals surface area contributed by atoms with Gasteiger partial charge in [-0.3, -0.25) is 4.39 Å². The number of rotatable bonds is 13. The first-order chi connectivity index (χ1) is 8.68. The lowest BCUT2D eigenvalue weighted by Gasteiger charge is -2.02. The summed E-state index contributed by atoms with van der Waals surface area (Å²) in [6.45, 7) is 3.33. The van der Waals surface area contributed by atoms with Crippen molar-refractivity contribution < 1.29 is 14.3 Å². The maximum absolute atomic E-state index is 11.8. The highest BCUT2D eigenvalue weighted by Gasteiger charge is 2.02. The van der Waals surface area contributed by atoms with E-state index in [1.807, 2.05) is 0 Å². The van der Waals surface area contributed by atoms with E-state index in [-0.39, 0.29) is 6.67 Å². The Labute approximate surface area is 110 Å². The molecule has 0 aliphatic heterocycles. The summed E-state index contributed by atoms with van der Waals surface area (Å²) in [5.41, 5.74) is 0.322. The summed E-state index contributed by atoms with van der Waals surface area (Å²) in [7, 11) is 0. The fraction of sp³-hybridized carbons (Fsp3) is 0.800. The minimum Gasteiger partial charge on any atom is -0.478 e. The van der Waals surface area contributed by atoms with E-state index in [0.717, 1.165) is 25.7 Å². The maximum atomic E-state index is 11.8. The Kier molecular flexibility index (Phi) is 12.0. The monoisotopic (exact) mass is 258 g/mol. The number of hydrogen-bond acceptors (Lipinski definition) is 1. The quantitative estimate of drug-likeness (QED) is 0.377. The van der Waals surface area contributed by atoms with E-state index in [2.05, 4.69) is 6.58 Å². The predicted molar refractivity (Wildman–Crippen MR) is 73.5 cm³/mol. The van der Waals surface area contributed by atoms with Crippen LogP contribution in [0, 0.1) is 0 Å². The Hall–Kier alpha value is -0.860. The molecule has 106 valence electrons. The van der Waals surface area contributed by atoms with Gasteiger partial charge in [0.05, 0.1) is 6.67 Å². The van der Waals surface area contributed by atoms with Crippen LogP contribution in [0.3, 0.4) is 0 Å². The molecule has 2 nitrogen and oxygen atoms in total. The topological polar surface area (TPSA) is 37.3 Å². The summed E-state index contributed by atoms with van der Waals surface area (Å²) in [6, 6.07) is 0. The molecule has 0 aliphatic carbocycles. The summed E-state index contributed by atoms with van der Waals surface area (Å²) in [5, 5.41) is 8.62. The first-order valence-corrected chi connectivity index (χ1v) is 7.15. The van der Waals surface area contributed by atoms with Gasteiger partial charge < -0.3 is 5.11 Å². The molecule has 0 saturated carbocycles. The summed E-state index contributed by atoms with van der Waals surface area (Å²) >= 11 is 0. The van der Waals surface area contributed by atoms with E-state index in [4.69, 9.17) is 5.11 Å². The van der Waals surface area contributed by atoms with Crippen LogP contribution in [0.2, 0.25) is 0 Å². The normalized spacial score (nSPS) is 10.5. The summed E-state index contributed by atoms with van der Waals surface area (Å²) in [4.78, 5) is 10.5. The zero-order valence-corrected chi connectivity index (χ0v) is 11.4. The number of carbonyl (C=O) groups is 1. The van der Waals surface area contributed by atoms with Crippen molar-refractivity contribution in [1.82, 2.24) is 0 Å². The lowest BCUT2D eigenvalue weighted by Crippen LogP contribution is -1.98. The van der Waals surface area contributed by atoms with Crippen LogP contribution in [-0.2, 0) is 4.79 Å². The zero-order chi connectivity index (χ0) is 13.6. The van der Waals surface area contributed by atoms with Crippen LogP contribution in [0.25, 0.3) is 0 Å². The number of unbranched alkanes of at least 4 members (excludes halogenated alkanes) is 9. The fourth-order valence-electron chi connectivity index (χ4n) is 1.95. The van der Waals surface area contributed by atoms with Crippen molar-refractivity contribution in [3.8, 4) is 0 Å². The van der Waals surface area contributed by atoms with E-state index in [1.165, 1.54) is 32.1 Å². The van der Waals surface area contributed by atoms with Crippen molar-refractivity contribution in [3.05, 3.63) is 12.2 Å². The third kappa shape index (κ3) is 11.6. The molecular weight excluding hydrogens is 231 g/mol. The molecule has 0 aliphatic rings. The highest BCUT2D eigenvalue weighted by Crippen LogP contribution is 2.13. The van der Waals surface area contributed by atoms with Gasteiger partial charge in [0.2, 0.25) is 0 Å². The van der Waals surface area contributed by atoms with Gasteiger partial charge in [-0.2, -0.15) is 0 Å². The lowest BCUT2D eigenvalue weighted by atomic mass is 10.0. The molecule has 0 saturated heterocycles. The van der Waals surface area contributed by atoms with Gasteiger partial charge in [0.1, 0.15) is 0 Å². The van der Waals surface area contributed by atoms with E-state index in [1.54, 1.807) is 0 Å². The van der Waals surface area contributed by atoms with Gasteiger partial charge in [-0.15, -0.1) is 0 Å². The molecular formula is C15H27FO2. The van der Waals surface area contributed by atoms with Crippen LogP contribution in [-0.4, -0.2) is 17.8 Å². The van der Waals surface area contributed by atoms with E-state index < -0.39 is 5.97 Å². The molecule has 0 heterocycles. The second-order valence-corrected chi connectivity index (χ2v) is 4.88. The number of carboxylic acid groups (broad SMARTS) is 1. The Morgan fingerprint density at radius 2 is 1.22 bits per heavy atom. The largest absolute Gasteiger partial charge is 0.478 e. The minimum absolute atomic E-state index is 0.179. The van der Waals surface area contributed by atoms with Crippen molar-refractivity contribution in [2.75, 3.05) is 6.67 Å². The van der Waals surface area contributed by atoms with Gasteiger partial charge >= 0.3 is 5.97 Å². The van der Waals surface area contributed by atoms with Crippen molar-refractivity contribution in [1.29, 1.82) is 0 Å². The third-order valence-electron chi connectivity index (χ3n) is 3.16. The number of halogens is 1. The number of hydrogen-bond donors (Lipinski definition) is 1. The average Bonchev–Trinajstić information content (AvgIpc) is 2.35. The van der Waals surface area contributed by atoms with Crippen LogP contribution in [0.5, 0.6) is 0 Å². The predicted octanol–water partition coefficient (Wildman–Crippen LogP) is 4.89. The second kappa shape index (κ2) is 12.6. The summed E-state index contributed by atoms with van der Waals surface area (Å²) in [6.07, 6.45) is 11.6. The minimum atomic E-state index is -0.872. The van der Waals surface area contributed by atoms with Crippen LogP contribution >= 0.6 is 0 Å². The van der Waals surface area contributed by atoms with E-state index >= 15 is 0 Å². The maximum Gasteiger partial charge on any atom is 0.330 e. The second-order valence-electron chi connectivity index (χ2n) is 4.88. The van der Waals surface area contributed by atoms with E-state index in [9.17, 15) is 9.18 Å². The van der Waals surface area contributed by atoms with Crippen LogP contribution in [0.1, 0.15) is 70.6 Å². The van der Waals surface area contributed by atoms with Crippen molar-refractivity contribution in [2.45, 2.75) is 70.6 Å². The first kappa shape index (κ1) is 17.1. The Morgan fingerprint density at radius 1 is 0.833 bits per heavy atom. The molecule has 0 rings (SSSR count). The van der Waals surface area contributed by atoms with Gasteiger partial charge in [-0.05, 0) is 19.3 Å². The molecule has 3 heteroatoms. The zero-order valence-electron chi connectivity index (χ0n) is 11.4. The molecule has 0 aromatic heterocycles. The van der Waals surface area contributed by atoms with Gasteiger partial charge in [-0.25, -0.2) is 4.79 Å². The molecule has 0 aromatic carbocycles. The molecule has 0 spiro atoms. The Balaban J connectivity index is 3.07. The molecule has 0 unspecified atom stereocenters. The molecule has 0 atom stereocenters. The molecule has 18 heavy (non-hydrogen) atoms. The lowest BCUT2D eigenvalue weighted by molar-refractivity contribution is -0.132. The van der Waals surface area contributed by atoms with Gasteiger partial charge in [-0.1, -0.05) is 57.9 Å². The first-order valence-electron chi connectivity index (χ1n) is 7.15. The van der Waals surface area contributed by atoms with E-state index in [0.29, 0.717) is 18.4 Å². The van der Waals surface area contributed by atoms with Crippen molar-refractivity contribution >= 4 is 5.97 Å². The SMILES string of the molecule is C=C(CCCCCCCCCCCCF)C(=O)O. The Morgan fingerprint density at radius 3 is 1.61 bits per heavy atom. The molecule has 0 amide bonds. The smallest absolute Gasteiger partial charge is 0.330 e.